The van der Waals surface area contributed by atoms with Gasteiger partial charge in [0, 0.05) is 0 Å². The maximum Gasteiger partial charge on any atom is 0.231 e. The van der Waals surface area contributed by atoms with Crippen LogP contribution < -0.4 is 0 Å². The molecule has 0 bridgehead atoms. The van der Waals surface area contributed by atoms with Crippen molar-refractivity contribution in [2.75, 3.05) is 0 Å². The standard InChI is InChI=1S/C4H6N2OS2/c1-3-5-6(2-7)4(8)9-3/h2,4,8H,1H3. The van der Waals surface area contributed by atoms with Gasteiger partial charge in [-0.2, -0.15) is 5.10 Å². The van der Waals surface area contributed by atoms with Crippen molar-refractivity contribution in [3.63, 3.8) is 0 Å². The number of hydrogen-bond acceptors (Lipinski definition) is 4. The van der Waals surface area contributed by atoms with Crippen LogP contribution in [0, 0.1) is 0 Å². The largest absolute Gasteiger partial charge is 0.277 e. The molecule has 1 unspecified atom stereocenters. The van der Waals surface area contributed by atoms with E-state index in [1.165, 1.54) is 16.8 Å². The number of nitrogens with zero attached hydrogens (tertiary/aromatic N) is 2. The summed E-state index contributed by atoms with van der Waals surface area (Å²) in [4.78, 5) is 10.1. The third-order valence-corrected chi connectivity index (χ3v) is 2.27. The minimum Gasteiger partial charge on any atom is -0.277 e. The lowest BCUT2D eigenvalue weighted by Crippen LogP contribution is -2.16. The fourth-order valence-corrected chi connectivity index (χ4v) is 1.73. The molecule has 1 aliphatic rings. The zero-order valence-electron chi connectivity index (χ0n) is 4.81. The topological polar surface area (TPSA) is 32.7 Å². The molecule has 9 heavy (non-hydrogen) atoms. The van der Waals surface area contributed by atoms with Crippen molar-refractivity contribution in [2.45, 2.75) is 11.6 Å². The summed E-state index contributed by atoms with van der Waals surface area (Å²) in [6.07, 6.45) is 0.668. The second-order valence-electron chi connectivity index (χ2n) is 1.55. The number of carbonyl (C=O) groups excluding carboxylic acids is 1. The van der Waals surface area contributed by atoms with E-state index in [4.69, 9.17) is 0 Å². The van der Waals surface area contributed by atoms with E-state index < -0.39 is 0 Å². The van der Waals surface area contributed by atoms with Crippen molar-refractivity contribution >= 4 is 35.8 Å². The molecule has 1 atom stereocenters. The maximum absolute atomic E-state index is 10.1. The van der Waals surface area contributed by atoms with Crippen LogP contribution in [-0.4, -0.2) is 21.2 Å². The number of hydrazone groups is 1. The average molecular weight is 162 g/mol. The fraction of sp³-hybridized carbons (Fsp3) is 0.500. The number of thiol groups is 1. The summed E-state index contributed by atoms with van der Waals surface area (Å²) in [5.74, 6) is 0. The summed E-state index contributed by atoms with van der Waals surface area (Å²) in [5, 5.41) is 6.01. The van der Waals surface area contributed by atoms with Gasteiger partial charge in [0.05, 0.1) is 5.04 Å². The highest BCUT2D eigenvalue weighted by atomic mass is 32.2. The third-order valence-electron chi connectivity index (χ3n) is 0.867. The molecule has 3 nitrogen and oxygen atoms in total. The molecule has 1 heterocycles. The Kier molecular flexibility index (Phi) is 2.02. The van der Waals surface area contributed by atoms with E-state index in [1.807, 2.05) is 6.92 Å². The Morgan fingerprint density at radius 1 is 2.00 bits per heavy atom. The van der Waals surface area contributed by atoms with Crippen LogP contribution in [0.3, 0.4) is 0 Å². The zero-order chi connectivity index (χ0) is 6.85. The lowest BCUT2D eigenvalue weighted by Gasteiger charge is -2.07. The van der Waals surface area contributed by atoms with Crippen LogP contribution in [0.25, 0.3) is 0 Å². The van der Waals surface area contributed by atoms with Crippen molar-refractivity contribution in [1.29, 1.82) is 0 Å². The summed E-state index contributed by atoms with van der Waals surface area (Å²) in [6, 6.07) is 0. The highest BCUT2D eigenvalue weighted by Crippen LogP contribution is 2.26. The van der Waals surface area contributed by atoms with E-state index in [-0.39, 0.29) is 4.71 Å². The number of carbonyl (C=O) groups is 1. The minimum atomic E-state index is -0.123. The molecule has 0 N–H and O–H groups in total. The normalized spacial score (nSPS) is 26.2. The zero-order valence-corrected chi connectivity index (χ0v) is 6.52. The predicted octanol–water partition coefficient (Wildman–Crippen LogP) is 0.738. The Morgan fingerprint density at radius 2 is 2.67 bits per heavy atom. The van der Waals surface area contributed by atoms with Crippen molar-refractivity contribution < 1.29 is 4.79 Å². The lowest BCUT2D eigenvalue weighted by atomic mass is 10.9. The second-order valence-corrected chi connectivity index (χ2v) is 3.66. The second kappa shape index (κ2) is 2.62. The molecule has 50 valence electrons. The van der Waals surface area contributed by atoms with E-state index in [2.05, 4.69) is 17.7 Å². The van der Waals surface area contributed by atoms with Gasteiger partial charge in [0.25, 0.3) is 0 Å². The van der Waals surface area contributed by atoms with Gasteiger partial charge in [0.15, 0.2) is 0 Å². The Bertz CT molecular complexity index is 159. The first-order valence-corrected chi connectivity index (χ1v) is 3.77. The molecule has 0 saturated carbocycles. The number of thioether (sulfide) groups is 1. The molecule has 0 aromatic carbocycles. The molecule has 0 fully saturated rings. The molecule has 0 aliphatic carbocycles. The van der Waals surface area contributed by atoms with Gasteiger partial charge in [-0.25, -0.2) is 5.01 Å². The monoisotopic (exact) mass is 162 g/mol. The van der Waals surface area contributed by atoms with Gasteiger partial charge in [-0.1, -0.05) is 11.8 Å². The first-order valence-electron chi connectivity index (χ1n) is 2.37. The van der Waals surface area contributed by atoms with Gasteiger partial charge in [0.2, 0.25) is 6.41 Å². The fourth-order valence-electron chi connectivity index (χ4n) is 0.518. The van der Waals surface area contributed by atoms with Crippen LogP contribution in [0.5, 0.6) is 0 Å². The van der Waals surface area contributed by atoms with Gasteiger partial charge in [-0.05, 0) is 6.92 Å². The van der Waals surface area contributed by atoms with Gasteiger partial charge >= 0.3 is 0 Å². The van der Waals surface area contributed by atoms with E-state index in [1.54, 1.807) is 0 Å². The summed E-state index contributed by atoms with van der Waals surface area (Å²) >= 11 is 5.53. The number of amides is 1. The van der Waals surface area contributed by atoms with Crippen LogP contribution in [0.4, 0.5) is 0 Å². The van der Waals surface area contributed by atoms with E-state index in [9.17, 15) is 4.79 Å². The molecule has 0 aromatic heterocycles. The minimum absolute atomic E-state index is 0.123. The van der Waals surface area contributed by atoms with E-state index in [0.29, 0.717) is 6.41 Å². The van der Waals surface area contributed by atoms with E-state index >= 15 is 0 Å². The van der Waals surface area contributed by atoms with Gasteiger partial charge in [-0.3, -0.25) is 4.79 Å². The van der Waals surface area contributed by atoms with Crippen LogP contribution >= 0.6 is 24.4 Å². The molecule has 0 saturated heterocycles. The van der Waals surface area contributed by atoms with Crippen molar-refractivity contribution in [3.05, 3.63) is 0 Å². The summed E-state index contributed by atoms with van der Waals surface area (Å²) < 4.78 is -0.123. The smallest absolute Gasteiger partial charge is 0.231 e. The quantitative estimate of drug-likeness (QED) is 0.455. The first kappa shape index (κ1) is 6.95. The van der Waals surface area contributed by atoms with Crippen molar-refractivity contribution in [2.24, 2.45) is 5.10 Å². The molecule has 0 spiro atoms. The maximum atomic E-state index is 10.1. The highest BCUT2D eigenvalue weighted by molar-refractivity contribution is 8.21. The van der Waals surface area contributed by atoms with Crippen LogP contribution in [-0.2, 0) is 4.79 Å². The molecular formula is C4H6N2OS2. The van der Waals surface area contributed by atoms with E-state index in [0.717, 1.165) is 5.04 Å². The third kappa shape index (κ3) is 1.40. The SMILES string of the molecule is CC1=NN(C=O)C(S)S1. The first-order chi connectivity index (χ1) is 4.24. The molecule has 0 aromatic rings. The van der Waals surface area contributed by atoms with Crippen LogP contribution in [0.15, 0.2) is 5.10 Å². The summed E-state index contributed by atoms with van der Waals surface area (Å²) in [6.45, 7) is 1.84. The Hall–Kier alpha value is -0.160. The number of hydrogen-bond donors (Lipinski definition) is 1. The Morgan fingerprint density at radius 3 is 2.89 bits per heavy atom. The summed E-state index contributed by atoms with van der Waals surface area (Å²) in [5.41, 5.74) is 0. The van der Waals surface area contributed by atoms with Gasteiger partial charge in [-0.15, -0.1) is 12.6 Å². The lowest BCUT2D eigenvalue weighted by molar-refractivity contribution is -0.117. The average Bonchev–Trinajstić information content (AvgIpc) is 2.10. The van der Waals surface area contributed by atoms with Gasteiger partial charge < -0.3 is 0 Å². The van der Waals surface area contributed by atoms with Crippen LogP contribution in [0.1, 0.15) is 6.92 Å². The summed E-state index contributed by atoms with van der Waals surface area (Å²) in [7, 11) is 0. The highest BCUT2D eigenvalue weighted by Gasteiger charge is 2.20. The molecule has 1 aliphatic heterocycles. The Balaban J connectivity index is 2.63. The van der Waals surface area contributed by atoms with Crippen molar-refractivity contribution in [1.82, 2.24) is 5.01 Å². The molecule has 1 rings (SSSR count). The van der Waals surface area contributed by atoms with Gasteiger partial charge in [0.1, 0.15) is 4.71 Å². The van der Waals surface area contributed by atoms with Crippen LogP contribution in [0.2, 0.25) is 0 Å². The predicted molar refractivity (Wildman–Crippen MR) is 41.4 cm³/mol. The molecule has 0 radical (unpaired) electrons. The number of rotatable bonds is 1. The molecule has 1 amide bonds. The Labute approximate surface area is 62.9 Å². The van der Waals surface area contributed by atoms with Crippen molar-refractivity contribution in [3.8, 4) is 0 Å². The molecule has 5 heteroatoms. The molecular weight excluding hydrogens is 156 g/mol.